The van der Waals surface area contributed by atoms with Crippen LogP contribution in [-0.2, 0) is 0 Å². The van der Waals surface area contributed by atoms with Gasteiger partial charge in [0.1, 0.15) is 12.4 Å². The predicted molar refractivity (Wildman–Crippen MR) is 54.8 cm³/mol. The molecule has 0 spiro atoms. The fourth-order valence-electron chi connectivity index (χ4n) is 1.21. The van der Waals surface area contributed by atoms with Crippen molar-refractivity contribution in [2.24, 2.45) is 0 Å². The second-order valence-corrected chi connectivity index (χ2v) is 3.29. The molecule has 0 aliphatic rings. The Bertz CT molecular complexity index is 298. The van der Waals surface area contributed by atoms with E-state index in [1.54, 1.807) is 6.92 Å². The first-order valence-electron chi connectivity index (χ1n) is 4.34. The molecule has 1 N–H and O–H groups in total. The summed E-state index contributed by atoms with van der Waals surface area (Å²) in [5, 5.41) is 7.26. The van der Waals surface area contributed by atoms with Crippen LogP contribution >= 0.6 is 0 Å². The summed E-state index contributed by atoms with van der Waals surface area (Å²) in [7, 11) is 0. The Balaban J connectivity index is 2.81. The lowest BCUT2D eigenvalue weighted by Crippen LogP contribution is -2.07. The van der Waals surface area contributed by atoms with Crippen LogP contribution in [0.5, 0.6) is 5.75 Å². The molecular formula is C11H15NO. The van der Waals surface area contributed by atoms with E-state index in [-0.39, 0.29) is 0 Å². The molecule has 0 saturated carbocycles. The van der Waals surface area contributed by atoms with Crippen molar-refractivity contribution in [2.75, 3.05) is 6.61 Å². The van der Waals surface area contributed by atoms with Crippen molar-refractivity contribution in [3.63, 3.8) is 0 Å². The third-order valence-electron chi connectivity index (χ3n) is 1.84. The number of aryl methyl sites for hydroxylation is 2. The Morgan fingerprint density at radius 1 is 1.31 bits per heavy atom. The summed E-state index contributed by atoms with van der Waals surface area (Å²) in [6.45, 7) is 6.16. The van der Waals surface area contributed by atoms with Crippen LogP contribution in [0.4, 0.5) is 0 Å². The Morgan fingerprint density at radius 3 is 2.31 bits per heavy atom. The highest BCUT2D eigenvalue weighted by molar-refractivity contribution is 5.80. The lowest BCUT2D eigenvalue weighted by atomic mass is 10.1. The molecule has 0 radical (unpaired) electrons. The third-order valence-corrected chi connectivity index (χ3v) is 1.84. The topological polar surface area (TPSA) is 33.1 Å². The van der Waals surface area contributed by atoms with Gasteiger partial charge in [-0.3, -0.25) is 0 Å². The summed E-state index contributed by atoms with van der Waals surface area (Å²) >= 11 is 0. The van der Waals surface area contributed by atoms with Crippen LogP contribution in [0.1, 0.15) is 18.1 Å². The molecule has 0 bridgehead atoms. The maximum absolute atomic E-state index is 7.26. The van der Waals surface area contributed by atoms with E-state index in [9.17, 15) is 0 Å². The fraction of sp³-hybridized carbons (Fsp3) is 0.364. The summed E-state index contributed by atoms with van der Waals surface area (Å²) < 4.78 is 5.50. The average molecular weight is 177 g/mol. The number of rotatable bonds is 3. The first kappa shape index (κ1) is 9.78. The minimum atomic E-state index is 0.381. The standard InChI is InChI=1S/C11H15NO/c1-8-5-4-6-9(2)11(8)13-7-10(3)12/h4-6,12H,7H2,1-3H3. The molecule has 0 saturated heterocycles. The highest BCUT2D eigenvalue weighted by Crippen LogP contribution is 2.21. The van der Waals surface area contributed by atoms with Crippen molar-refractivity contribution in [3.05, 3.63) is 29.3 Å². The predicted octanol–water partition coefficient (Wildman–Crippen LogP) is 2.72. The Hall–Kier alpha value is -1.31. The molecule has 1 aromatic rings. The van der Waals surface area contributed by atoms with Gasteiger partial charge in [0, 0.05) is 5.71 Å². The van der Waals surface area contributed by atoms with Gasteiger partial charge in [-0.1, -0.05) is 18.2 Å². The molecule has 0 heterocycles. The number of nitrogens with one attached hydrogen (secondary N) is 1. The van der Waals surface area contributed by atoms with E-state index in [2.05, 4.69) is 0 Å². The molecule has 0 fully saturated rings. The molecule has 1 rings (SSSR count). The molecule has 0 aliphatic carbocycles. The van der Waals surface area contributed by atoms with E-state index in [1.165, 1.54) is 0 Å². The molecule has 0 unspecified atom stereocenters. The minimum absolute atomic E-state index is 0.381. The van der Waals surface area contributed by atoms with E-state index in [0.717, 1.165) is 16.9 Å². The monoisotopic (exact) mass is 177 g/mol. The maximum atomic E-state index is 7.26. The highest BCUT2D eigenvalue weighted by Gasteiger charge is 2.02. The Labute approximate surface area is 79.1 Å². The number of para-hydroxylation sites is 1. The second-order valence-electron chi connectivity index (χ2n) is 3.29. The zero-order valence-corrected chi connectivity index (χ0v) is 8.35. The van der Waals surface area contributed by atoms with Crippen LogP contribution in [-0.4, -0.2) is 12.3 Å². The minimum Gasteiger partial charge on any atom is -0.487 e. The average Bonchev–Trinajstić information content (AvgIpc) is 2.03. The fourth-order valence-corrected chi connectivity index (χ4v) is 1.21. The number of hydrogen-bond acceptors (Lipinski definition) is 2. The first-order chi connectivity index (χ1) is 6.11. The van der Waals surface area contributed by atoms with Crippen molar-refractivity contribution in [1.82, 2.24) is 0 Å². The van der Waals surface area contributed by atoms with Crippen molar-refractivity contribution in [1.29, 1.82) is 5.41 Å². The van der Waals surface area contributed by atoms with E-state index >= 15 is 0 Å². The van der Waals surface area contributed by atoms with Gasteiger partial charge in [0.15, 0.2) is 0 Å². The van der Waals surface area contributed by atoms with E-state index < -0.39 is 0 Å². The van der Waals surface area contributed by atoms with Crippen LogP contribution in [0, 0.1) is 19.3 Å². The van der Waals surface area contributed by atoms with Gasteiger partial charge in [0.25, 0.3) is 0 Å². The van der Waals surface area contributed by atoms with Crippen LogP contribution in [0.2, 0.25) is 0 Å². The normalized spacial score (nSPS) is 9.77. The van der Waals surface area contributed by atoms with Crippen molar-refractivity contribution < 1.29 is 4.74 Å². The molecular weight excluding hydrogens is 162 g/mol. The van der Waals surface area contributed by atoms with Crippen LogP contribution < -0.4 is 4.74 Å². The van der Waals surface area contributed by atoms with Crippen molar-refractivity contribution in [2.45, 2.75) is 20.8 Å². The number of hydrogen-bond donors (Lipinski definition) is 1. The zero-order valence-electron chi connectivity index (χ0n) is 8.35. The summed E-state index contributed by atoms with van der Waals surface area (Å²) in [6, 6.07) is 6.04. The van der Waals surface area contributed by atoms with Crippen LogP contribution in [0.3, 0.4) is 0 Å². The molecule has 13 heavy (non-hydrogen) atoms. The molecule has 0 aliphatic heterocycles. The summed E-state index contributed by atoms with van der Waals surface area (Å²) in [6.07, 6.45) is 0. The molecule has 0 atom stereocenters. The summed E-state index contributed by atoms with van der Waals surface area (Å²) in [5.74, 6) is 0.911. The first-order valence-corrected chi connectivity index (χ1v) is 4.34. The molecule has 0 amide bonds. The van der Waals surface area contributed by atoms with Gasteiger partial charge >= 0.3 is 0 Å². The van der Waals surface area contributed by atoms with E-state index in [0.29, 0.717) is 12.3 Å². The summed E-state index contributed by atoms with van der Waals surface area (Å²) in [4.78, 5) is 0. The quantitative estimate of drug-likeness (QED) is 0.707. The SMILES string of the molecule is CC(=N)COc1c(C)cccc1C. The van der Waals surface area contributed by atoms with Gasteiger partial charge in [0.2, 0.25) is 0 Å². The highest BCUT2D eigenvalue weighted by atomic mass is 16.5. The largest absolute Gasteiger partial charge is 0.487 e. The van der Waals surface area contributed by atoms with Crippen LogP contribution in [0.15, 0.2) is 18.2 Å². The molecule has 70 valence electrons. The number of benzene rings is 1. The molecule has 2 nitrogen and oxygen atoms in total. The van der Waals surface area contributed by atoms with Gasteiger partial charge in [-0.2, -0.15) is 0 Å². The lowest BCUT2D eigenvalue weighted by Gasteiger charge is -2.10. The Kier molecular flexibility index (Phi) is 3.07. The zero-order chi connectivity index (χ0) is 9.84. The van der Waals surface area contributed by atoms with Gasteiger partial charge < -0.3 is 10.1 Å². The molecule has 0 aromatic heterocycles. The molecule has 1 aromatic carbocycles. The van der Waals surface area contributed by atoms with Crippen molar-refractivity contribution >= 4 is 5.71 Å². The van der Waals surface area contributed by atoms with Crippen LogP contribution in [0.25, 0.3) is 0 Å². The van der Waals surface area contributed by atoms with Gasteiger partial charge in [-0.25, -0.2) is 0 Å². The second kappa shape index (κ2) is 4.08. The van der Waals surface area contributed by atoms with E-state index in [4.69, 9.17) is 10.1 Å². The summed E-state index contributed by atoms with van der Waals surface area (Å²) in [5.41, 5.74) is 2.80. The van der Waals surface area contributed by atoms with Gasteiger partial charge in [0.05, 0.1) is 0 Å². The Morgan fingerprint density at radius 2 is 1.85 bits per heavy atom. The van der Waals surface area contributed by atoms with Gasteiger partial charge in [-0.15, -0.1) is 0 Å². The smallest absolute Gasteiger partial charge is 0.125 e. The number of ether oxygens (including phenoxy) is 1. The van der Waals surface area contributed by atoms with E-state index in [1.807, 2.05) is 32.0 Å². The third kappa shape index (κ3) is 2.58. The van der Waals surface area contributed by atoms with Crippen molar-refractivity contribution in [3.8, 4) is 5.75 Å². The molecule has 2 heteroatoms. The maximum Gasteiger partial charge on any atom is 0.125 e. The lowest BCUT2D eigenvalue weighted by molar-refractivity contribution is 0.370. The van der Waals surface area contributed by atoms with Gasteiger partial charge in [-0.05, 0) is 31.9 Å².